The summed E-state index contributed by atoms with van der Waals surface area (Å²) in [6.07, 6.45) is 1.43. The summed E-state index contributed by atoms with van der Waals surface area (Å²) in [6.45, 7) is 7.66. The molecule has 3 rings (SSSR count). The molecule has 148 valence electrons. The first-order chi connectivity index (χ1) is 13.4. The number of fused-ring (bicyclic) bond motifs is 1. The highest BCUT2D eigenvalue weighted by molar-refractivity contribution is 5.93. The van der Waals surface area contributed by atoms with Crippen LogP contribution in [0.3, 0.4) is 0 Å². The lowest BCUT2D eigenvalue weighted by Gasteiger charge is -2.35. The molecule has 0 bridgehead atoms. The van der Waals surface area contributed by atoms with Crippen LogP contribution < -0.4 is 10.2 Å². The molecule has 2 aromatic rings. The molecule has 0 aliphatic carbocycles. The van der Waals surface area contributed by atoms with E-state index in [4.69, 9.17) is 4.74 Å². The van der Waals surface area contributed by atoms with Crippen molar-refractivity contribution in [3.8, 4) is 0 Å². The van der Waals surface area contributed by atoms with Crippen molar-refractivity contribution in [3.05, 3.63) is 53.5 Å². The average Bonchev–Trinajstić information content (AvgIpc) is 3.13. The number of hydrogen-bond acceptors (Lipinski definition) is 6. The van der Waals surface area contributed by atoms with Crippen molar-refractivity contribution in [3.63, 3.8) is 0 Å². The van der Waals surface area contributed by atoms with E-state index >= 15 is 0 Å². The molecule has 8 heteroatoms. The van der Waals surface area contributed by atoms with E-state index in [9.17, 15) is 9.59 Å². The van der Waals surface area contributed by atoms with Crippen LogP contribution in [-0.2, 0) is 14.3 Å². The van der Waals surface area contributed by atoms with Crippen molar-refractivity contribution in [2.45, 2.75) is 39.8 Å². The first-order valence-electron chi connectivity index (χ1n) is 9.33. The molecule has 0 radical (unpaired) electrons. The summed E-state index contributed by atoms with van der Waals surface area (Å²) < 4.78 is 6.99. The molecule has 1 amide bonds. The molecular weight excluding hydrogens is 358 g/mol. The van der Waals surface area contributed by atoms with E-state index in [2.05, 4.69) is 15.4 Å². The molecule has 0 saturated carbocycles. The summed E-state index contributed by atoms with van der Waals surface area (Å²) >= 11 is 0. The van der Waals surface area contributed by atoms with Gasteiger partial charge in [-0.2, -0.15) is 10.1 Å². The lowest BCUT2D eigenvalue weighted by atomic mass is 9.95. The van der Waals surface area contributed by atoms with Gasteiger partial charge in [-0.25, -0.2) is 9.48 Å². The number of benzene rings is 1. The van der Waals surface area contributed by atoms with E-state index in [1.165, 1.54) is 6.33 Å². The zero-order valence-electron chi connectivity index (χ0n) is 16.5. The van der Waals surface area contributed by atoms with Gasteiger partial charge in [-0.05, 0) is 33.3 Å². The summed E-state index contributed by atoms with van der Waals surface area (Å²) in [5.41, 5.74) is 1.97. The number of amides is 1. The molecule has 1 N–H and O–H groups in total. The number of carbonyl (C=O) groups excluding carboxylic acids is 2. The number of ether oxygens (including phenoxy) is 1. The van der Waals surface area contributed by atoms with Gasteiger partial charge in [0.25, 0.3) is 0 Å². The molecule has 1 aromatic heterocycles. The van der Waals surface area contributed by atoms with Crippen LogP contribution in [0.2, 0.25) is 0 Å². The van der Waals surface area contributed by atoms with Crippen LogP contribution >= 0.6 is 0 Å². The van der Waals surface area contributed by atoms with Crippen LogP contribution in [0.1, 0.15) is 39.3 Å². The quantitative estimate of drug-likeness (QED) is 0.768. The second-order valence-electron chi connectivity index (χ2n) is 6.85. The van der Waals surface area contributed by atoms with Crippen LogP contribution in [0, 0.1) is 0 Å². The highest BCUT2D eigenvalue weighted by Gasteiger charge is 2.38. The summed E-state index contributed by atoms with van der Waals surface area (Å²) in [5, 5.41) is 7.22. The second kappa shape index (κ2) is 8.24. The monoisotopic (exact) mass is 383 g/mol. The van der Waals surface area contributed by atoms with Gasteiger partial charge in [0.05, 0.1) is 12.2 Å². The maximum atomic E-state index is 12.9. The first kappa shape index (κ1) is 19.6. The fraction of sp³-hybridized carbons (Fsp3) is 0.400. The van der Waals surface area contributed by atoms with Crippen LogP contribution in [0.25, 0.3) is 0 Å². The molecule has 2 heterocycles. The van der Waals surface area contributed by atoms with Crippen molar-refractivity contribution >= 4 is 17.8 Å². The minimum Gasteiger partial charge on any atom is -0.463 e. The smallest absolute Gasteiger partial charge is 0.338 e. The van der Waals surface area contributed by atoms with Crippen molar-refractivity contribution in [2.75, 3.05) is 18.1 Å². The Morgan fingerprint density at radius 3 is 2.61 bits per heavy atom. The van der Waals surface area contributed by atoms with Gasteiger partial charge in [0, 0.05) is 11.7 Å². The minimum atomic E-state index is -0.470. The maximum absolute atomic E-state index is 12.9. The predicted molar refractivity (Wildman–Crippen MR) is 105 cm³/mol. The van der Waals surface area contributed by atoms with E-state index in [1.54, 1.807) is 16.5 Å². The highest BCUT2D eigenvalue weighted by Crippen LogP contribution is 2.38. The third kappa shape index (κ3) is 3.76. The Hall–Kier alpha value is -3.16. The van der Waals surface area contributed by atoms with Gasteiger partial charge in [-0.3, -0.25) is 4.79 Å². The van der Waals surface area contributed by atoms with Crippen LogP contribution in [0.15, 0.2) is 47.9 Å². The van der Waals surface area contributed by atoms with Crippen molar-refractivity contribution in [2.24, 2.45) is 0 Å². The second-order valence-corrected chi connectivity index (χ2v) is 6.85. The fourth-order valence-electron chi connectivity index (χ4n) is 3.35. The number of hydrogen-bond donors (Lipinski definition) is 1. The SMILES string of the molecule is CCOC(=O)C1=C(C)N(CC(=O)NC(C)C)c2ncnn2C1c1ccccc1. The topological polar surface area (TPSA) is 89.3 Å². The Morgan fingerprint density at radius 2 is 1.96 bits per heavy atom. The molecule has 0 spiro atoms. The molecule has 0 fully saturated rings. The van der Waals surface area contributed by atoms with E-state index < -0.39 is 12.0 Å². The van der Waals surface area contributed by atoms with Gasteiger partial charge in [0.15, 0.2) is 0 Å². The van der Waals surface area contributed by atoms with Gasteiger partial charge in [0.1, 0.15) is 18.9 Å². The van der Waals surface area contributed by atoms with Gasteiger partial charge in [-0.15, -0.1) is 0 Å². The van der Waals surface area contributed by atoms with Gasteiger partial charge in [-0.1, -0.05) is 30.3 Å². The molecular formula is C20H25N5O3. The lowest BCUT2D eigenvalue weighted by molar-refractivity contribution is -0.139. The minimum absolute atomic E-state index is 0.0149. The highest BCUT2D eigenvalue weighted by atomic mass is 16.5. The number of anilines is 1. The number of allylic oxidation sites excluding steroid dienone is 1. The zero-order valence-corrected chi connectivity index (χ0v) is 16.5. The Bertz CT molecular complexity index is 888. The summed E-state index contributed by atoms with van der Waals surface area (Å²) in [7, 11) is 0. The normalized spacial score (nSPS) is 16.2. The largest absolute Gasteiger partial charge is 0.463 e. The number of carbonyl (C=O) groups is 2. The van der Waals surface area contributed by atoms with E-state index in [-0.39, 0.29) is 25.1 Å². The average molecular weight is 383 g/mol. The number of esters is 1. The molecule has 28 heavy (non-hydrogen) atoms. The Labute approximate surface area is 164 Å². The molecule has 8 nitrogen and oxygen atoms in total. The van der Waals surface area contributed by atoms with Crippen LogP contribution in [0.5, 0.6) is 0 Å². The van der Waals surface area contributed by atoms with Crippen molar-refractivity contribution < 1.29 is 14.3 Å². The molecule has 1 aliphatic heterocycles. The Morgan fingerprint density at radius 1 is 1.25 bits per heavy atom. The molecule has 1 atom stereocenters. The summed E-state index contributed by atoms with van der Waals surface area (Å²) in [5.74, 6) is -0.0761. The number of aromatic nitrogens is 3. The van der Waals surface area contributed by atoms with Crippen LogP contribution in [-0.4, -0.2) is 45.8 Å². The molecule has 1 aromatic carbocycles. The van der Waals surface area contributed by atoms with Crippen LogP contribution in [0.4, 0.5) is 5.95 Å². The Balaban J connectivity index is 2.10. The number of nitrogens with zero attached hydrogens (tertiary/aromatic N) is 4. The zero-order chi connectivity index (χ0) is 20.3. The molecule has 0 saturated heterocycles. The maximum Gasteiger partial charge on any atom is 0.338 e. The number of rotatable bonds is 6. The molecule has 1 aliphatic rings. The fourth-order valence-corrected chi connectivity index (χ4v) is 3.35. The predicted octanol–water partition coefficient (Wildman–Crippen LogP) is 2.05. The van der Waals surface area contributed by atoms with E-state index in [0.717, 1.165) is 5.56 Å². The summed E-state index contributed by atoms with van der Waals surface area (Å²) in [6, 6.07) is 9.15. The first-order valence-corrected chi connectivity index (χ1v) is 9.33. The van der Waals surface area contributed by atoms with Gasteiger partial charge >= 0.3 is 5.97 Å². The van der Waals surface area contributed by atoms with Crippen molar-refractivity contribution in [1.82, 2.24) is 20.1 Å². The van der Waals surface area contributed by atoms with Crippen molar-refractivity contribution in [1.29, 1.82) is 0 Å². The molecule has 1 unspecified atom stereocenters. The standard InChI is InChI=1S/C20H25N5O3/c1-5-28-19(27)17-14(4)24(11-16(26)23-13(2)3)20-21-12-22-25(20)18(17)15-9-7-6-8-10-15/h6-10,12-13,18H,5,11H2,1-4H3,(H,23,26). The van der Waals surface area contributed by atoms with E-state index in [0.29, 0.717) is 17.2 Å². The third-order valence-corrected chi connectivity index (χ3v) is 4.47. The van der Waals surface area contributed by atoms with E-state index in [1.807, 2.05) is 51.1 Å². The number of nitrogens with one attached hydrogen (secondary N) is 1. The third-order valence-electron chi connectivity index (χ3n) is 4.47. The Kier molecular flexibility index (Phi) is 5.77. The lowest BCUT2D eigenvalue weighted by Crippen LogP contribution is -2.44. The summed E-state index contributed by atoms with van der Waals surface area (Å²) in [4.78, 5) is 31.3. The van der Waals surface area contributed by atoms with Gasteiger partial charge in [0.2, 0.25) is 11.9 Å². The van der Waals surface area contributed by atoms with Gasteiger partial charge < -0.3 is 15.0 Å².